The molecule has 4 heteroatoms. The van der Waals surface area contributed by atoms with Crippen molar-refractivity contribution in [1.82, 2.24) is 5.32 Å². The minimum absolute atomic E-state index is 0.0345. The van der Waals surface area contributed by atoms with Crippen molar-refractivity contribution in [2.24, 2.45) is 5.92 Å². The van der Waals surface area contributed by atoms with E-state index in [4.69, 9.17) is 4.74 Å². The summed E-state index contributed by atoms with van der Waals surface area (Å²) in [6.07, 6.45) is 3.27. The lowest BCUT2D eigenvalue weighted by molar-refractivity contribution is -0.130. The molecule has 1 saturated carbocycles. The molecule has 0 radical (unpaired) electrons. The number of hydrogen-bond acceptors (Lipinski definition) is 3. The Kier molecular flexibility index (Phi) is 6.40. The van der Waals surface area contributed by atoms with E-state index in [9.17, 15) is 9.90 Å². The van der Waals surface area contributed by atoms with Gasteiger partial charge in [-0.2, -0.15) is 0 Å². The van der Waals surface area contributed by atoms with E-state index in [0.717, 1.165) is 19.3 Å². The molecule has 0 spiro atoms. The molecule has 0 unspecified atom stereocenters. The van der Waals surface area contributed by atoms with Crippen LogP contribution in [0.3, 0.4) is 0 Å². The third-order valence-electron chi connectivity index (χ3n) is 4.49. The molecular weight excluding hydrogens is 278 g/mol. The molecule has 22 heavy (non-hydrogen) atoms. The van der Waals surface area contributed by atoms with Crippen LogP contribution < -0.4 is 5.32 Å². The second-order valence-electron chi connectivity index (χ2n) is 6.23. The first-order valence-corrected chi connectivity index (χ1v) is 8.14. The Hall–Kier alpha value is -1.39. The van der Waals surface area contributed by atoms with Crippen LogP contribution in [0.15, 0.2) is 24.3 Å². The average Bonchev–Trinajstić information content (AvgIpc) is 2.53. The van der Waals surface area contributed by atoms with Gasteiger partial charge in [-0.3, -0.25) is 4.79 Å². The number of methoxy groups -OCH3 is 1. The van der Waals surface area contributed by atoms with Crippen LogP contribution in [0.4, 0.5) is 0 Å². The van der Waals surface area contributed by atoms with Crippen molar-refractivity contribution >= 4 is 5.91 Å². The number of hydrogen-bond donors (Lipinski definition) is 2. The van der Waals surface area contributed by atoms with Gasteiger partial charge in [0.1, 0.15) is 0 Å². The minimum Gasteiger partial charge on any atom is -0.390 e. The van der Waals surface area contributed by atoms with Crippen LogP contribution in [0.5, 0.6) is 0 Å². The lowest BCUT2D eigenvalue weighted by Gasteiger charge is -2.31. The Balaban J connectivity index is 1.68. The highest BCUT2D eigenvalue weighted by molar-refractivity contribution is 5.78. The average molecular weight is 305 g/mol. The molecule has 1 fully saturated rings. The van der Waals surface area contributed by atoms with Gasteiger partial charge in [0.05, 0.1) is 12.2 Å². The summed E-state index contributed by atoms with van der Waals surface area (Å²) in [6.45, 7) is 2.78. The van der Waals surface area contributed by atoms with Crippen LogP contribution in [-0.4, -0.2) is 36.9 Å². The molecule has 122 valence electrons. The fourth-order valence-electron chi connectivity index (χ4n) is 3.01. The lowest BCUT2D eigenvalue weighted by Crippen LogP contribution is -2.41. The van der Waals surface area contributed by atoms with Crippen molar-refractivity contribution in [2.45, 2.75) is 51.2 Å². The van der Waals surface area contributed by atoms with Crippen LogP contribution >= 0.6 is 0 Å². The van der Waals surface area contributed by atoms with Gasteiger partial charge >= 0.3 is 0 Å². The topological polar surface area (TPSA) is 58.6 Å². The molecule has 0 aliphatic heterocycles. The number of carbonyl (C=O) groups excluding carboxylic acids is 1. The Bertz CT molecular complexity index is 472. The van der Waals surface area contributed by atoms with Gasteiger partial charge in [-0.25, -0.2) is 0 Å². The van der Waals surface area contributed by atoms with E-state index in [1.807, 2.05) is 0 Å². The number of carbonyl (C=O) groups is 1. The highest BCUT2D eigenvalue weighted by Gasteiger charge is 2.32. The number of benzene rings is 1. The summed E-state index contributed by atoms with van der Waals surface area (Å²) in [5.74, 6) is 0.0607. The number of ether oxygens (including phenoxy) is 1. The quantitative estimate of drug-likeness (QED) is 0.792. The van der Waals surface area contributed by atoms with Crippen LogP contribution in [0.2, 0.25) is 0 Å². The van der Waals surface area contributed by atoms with Crippen molar-refractivity contribution in [3.63, 3.8) is 0 Å². The van der Waals surface area contributed by atoms with Crippen molar-refractivity contribution in [2.75, 3.05) is 13.7 Å². The maximum absolute atomic E-state index is 12.2. The summed E-state index contributed by atoms with van der Waals surface area (Å²) in [4.78, 5) is 12.2. The zero-order chi connectivity index (χ0) is 15.9. The van der Waals surface area contributed by atoms with E-state index in [2.05, 4.69) is 36.5 Å². The number of amides is 1. The molecule has 1 aromatic rings. The van der Waals surface area contributed by atoms with Crippen molar-refractivity contribution in [3.8, 4) is 0 Å². The van der Waals surface area contributed by atoms with Gasteiger partial charge in [-0.1, -0.05) is 29.8 Å². The third kappa shape index (κ3) is 4.82. The molecule has 0 aromatic heterocycles. The fraction of sp³-hybridized carbons (Fsp3) is 0.611. The normalized spacial score (nSPS) is 25.0. The minimum atomic E-state index is -0.435. The molecule has 0 saturated heterocycles. The molecule has 3 atom stereocenters. The van der Waals surface area contributed by atoms with Crippen molar-refractivity contribution < 1.29 is 14.6 Å². The van der Waals surface area contributed by atoms with E-state index in [-0.39, 0.29) is 17.9 Å². The van der Waals surface area contributed by atoms with E-state index < -0.39 is 6.10 Å². The second kappa shape index (κ2) is 8.30. The molecule has 2 rings (SSSR count). The van der Waals surface area contributed by atoms with Crippen LogP contribution in [0.1, 0.15) is 36.8 Å². The summed E-state index contributed by atoms with van der Waals surface area (Å²) in [6, 6.07) is 8.52. The maximum atomic E-state index is 12.2. The number of nitrogens with one attached hydrogen (secondary N) is 1. The van der Waals surface area contributed by atoms with Crippen molar-refractivity contribution in [1.29, 1.82) is 0 Å². The Labute approximate surface area is 132 Å². The maximum Gasteiger partial charge on any atom is 0.223 e. The molecule has 0 heterocycles. The van der Waals surface area contributed by atoms with Gasteiger partial charge in [0, 0.05) is 19.6 Å². The Morgan fingerprint density at radius 3 is 2.73 bits per heavy atom. The highest BCUT2D eigenvalue weighted by Crippen LogP contribution is 2.26. The highest BCUT2D eigenvalue weighted by atomic mass is 16.5. The molecule has 1 aromatic carbocycles. The predicted molar refractivity (Wildman–Crippen MR) is 86.7 cm³/mol. The Morgan fingerprint density at radius 2 is 2.05 bits per heavy atom. The predicted octanol–water partition coefficient (Wildman–Crippen LogP) is 2.22. The zero-order valence-electron chi connectivity index (χ0n) is 13.5. The number of aliphatic hydroxyl groups is 1. The standard InChI is InChI=1S/C18H27NO3/c1-13-5-7-14(8-6-13)4-3-11-19-18(21)15-9-10-16(20)17(12-15)22-2/h5-8,15-17,20H,3-4,9-12H2,1-2H3,(H,19,21)/t15-,16+,17-/m1/s1. The number of rotatable bonds is 6. The first-order valence-electron chi connectivity index (χ1n) is 8.14. The monoisotopic (exact) mass is 305 g/mol. The molecule has 1 amide bonds. The van der Waals surface area contributed by atoms with E-state index in [1.54, 1.807) is 7.11 Å². The SMILES string of the molecule is CO[C@@H]1C[C@H](C(=O)NCCCc2ccc(C)cc2)CC[C@@H]1O. The molecular formula is C18H27NO3. The van der Waals surface area contributed by atoms with Gasteiger partial charge in [0.2, 0.25) is 5.91 Å². The van der Waals surface area contributed by atoms with E-state index in [1.165, 1.54) is 11.1 Å². The molecule has 0 bridgehead atoms. The smallest absolute Gasteiger partial charge is 0.223 e. The molecule has 4 nitrogen and oxygen atoms in total. The summed E-state index contributed by atoms with van der Waals surface area (Å²) < 4.78 is 5.25. The second-order valence-corrected chi connectivity index (χ2v) is 6.23. The third-order valence-corrected chi connectivity index (χ3v) is 4.49. The number of aliphatic hydroxyl groups excluding tert-OH is 1. The first-order chi connectivity index (χ1) is 10.6. The lowest BCUT2D eigenvalue weighted by atomic mass is 9.84. The summed E-state index contributed by atoms with van der Waals surface area (Å²) in [7, 11) is 1.59. The van der Waals surface area contributed by atoms with Crippen molar-refractivity contribution in [3.05, 3.63) is 35.4 Å². The van der Waals surface area contributed by atoms with Crippen LogP contribution in [-0.2, 0) is 16.0 Å². The summed E-state index contributed by atoms with van der Waals surface area (Å²) >= 11 is 0. The summed E-state index contributed by atoms with van der Waals surface area (Å²) in [5.41, 5.74) is 2.57. The number of aryl methyl sites for hydroxylation is 2. The molecule has 1 aliphatic rings. The van der Waals surface area contributed by atoms with E-state index in [0.29, 0.717) is 19.4 Å². The summed E-state index contributed by atoms with van der Waals surface area (Å²) in [5, 5.41) is 12.8. The van der Waals surface area contributed by atoms with Gasteiger partial charge in [0.15, 0.2) is 0 Å². The van der Waals surface area contributed by atoms with Crippen LogP contribution in [0.25, 0.3) is 0 Å². The van der Waals surface area contributed by atoms with Gasteiger partial charge in [-0.05, 0) is 44.6 Å². The Morgan fingerprint density at radius 1 is 1.32 bits per heavy atom. The zero-order valence-corrected chi connectivity index (χ0v) is 13.5. The molecule has 1 aliphatic carbocycles. The van der Waals surface area contributed by atoms with Gasteiger partial charge in [0.25, 0.3) is 0 Å². The first kappa shape index (κ1) is 17.0. The fourth-order valence-corrected chi connectivity index (χ4v) is 3.01. The van der Waals surface area contributed by atoms with E-state index >= 15 is 0 Å². The van der Waals surface area contributed by atoms with Gasteiger partial charge < -0.3 is 15.2 Å². The molecule has 2 N–H and O–H groups in total. The largest absolute Gasteiger partial charge is 0.390 e. The van der Waals surface area contributed by atoms with Gasteiger partial charge in [-0.15, -0.1) is 0 Å². The van der Waals surface area contributed by atoms with Crippen LogP contribution in [0, 0.1) is 12.8 Å².